The van der Waals surface area contributed by atoms with Crippen LogP contribution in [0.25, 0.3) is 0 Å². The lowest BCUT2D eigenvalue weighted by molar-refractivity contribution is -0.145. The lowest BCUT2D eigenvalue weighted by atomic mass is 10.1. The molecule has 0 aliphatic rings. The summed E-state index contributed by atoms with van der Waals surface area (Å²) in [5, 5.41) is 3.24. The standard InChI is InChI=1S/C12H25NO2/c1-4-7-8-9-11(13-10-5-2)12(14)15-6-3/h11,13H,4-10H2,1-3H3. The maximum Gasteiger partial charge on any atom is 0.323 e. The van der Waals surface area contributed by atoms with Crippen LogP contribution in [0.3, 0.4) is 0 Å². The highest BCUT2D eigenvalue weighted by molar-refractivity contribution is 5.75. The van der Waals surface area contributed by atoms with E-state index >= 15 is 0 Å². The van der Waals surface area contributed by atoms with Crippen molar-refractivity contribution in [3.8, 4) is 0 Å². The molecular weight excluding hydrogens is 190 g/mol. The van der Waals surface area contributed by atoms with Gasteiger partial charge in [-0.1, -0.05) is 33.1 Å². The second-order valence-corrected chi connectivity index (χ2v) is 3.75. The highest BCUT2D eigenvalue weighted by atomic mass is 16.5. The maximum absolute atomic E-state index is 11.6. The van der Waals surface area contributed by atoms with Gasteiger partial charge >= 0.3 is 5.97 Å². The summed E-state index contributed by atoms with van der Waals surface area (Å²) in [4.78, 5) is 11.6. The molecule has 0 radical (unpaired) electrons. The van der Waals surface area contributed by atoms with Crippen LogP contribution in [0.1, 0.15) is 52.9 Å². The zero-order chi connectivity index (χ0) is 11.5. The number of carbonyl (C=O) groups is 1. The molecule has 0 fully saturated rings. The number of hydrogen-bond donors (Lipinski definition) is 1. The summed E-state index contributed by atoms with van der Waals surface area (Å²) in [7, 11) is 0. The van der Waals surface area contributed by atoms with Gasteiger partial charge in [0.2, 0.25) is 0 Å². The molecule has 1 N–H and O–H groups in total. The molecule has 1 atom stereocenters. The third-order valence-electron chi connectivity index (χ3n) is 2.31. The Morgan fingerprint density at radius 3 is 2.47 bits per heavy atom. The van der Waals surface area contributed by atoms with E-state index in [-0.39, 0.29) is 12.0 Å². The molecule has 15 heavy (non-hydrogen) atoms. The van der Waals surface area contributed by atoms with Gasteiger partial charge in [-0.3, -0.25) is 4.79 Å². The molecule has 0 rings (SSSR count). The molecule has 0 saturated heterocycles. The molecule has 0 amide bonds. The fourth-order valence-corrected chi connectivity index (χ4v) is 1.46. The van der Waals surface area contributed by atoms with Crippen molar-refractivity contribution in [1.82, 2.24) is 5.32 Å². The van der Waals surface area contributed by atoms with E-state index in [0.717, 1.165) is 25.8 Å². The second kappa shape index (κ2) is 9.97. The molecule has 3 nitrogen and oxygen atoms in total. The van der Waals surface area contributed by atoms with Crippen molar-refractivity contribution >= 4 is 5.97 Å². The average Bonchev–Trinajstić information content (AvgIpc) is 2.23. The molecule has 0 heterocycles. The highest BCUT2D eigenvalue weighted by Gasteiger charge is 2.17. The predicted octanol–water partition coefficient (Wildman–Crippen LogP) is 2.50. The van der Waals surface area contributed by atoms with Crippen LogP contribution in [0.5, 0.6) is 0 Å². The molecule has 1 unspecified atom stereocenters. The summed E-state index contributed by atoms with van der Waals surface area (Å²) in [6, 6.07) is -0.101. The van der Waals surface area contributed by atoms with Crippen molar-refractivity contribution in [2.75, 3.05) is 13.2 Å². The topological polar surface area (TPSA) is 38.3 Å². The number of ether oxygens (including phenoxy) is 1. The number of unbranched alkanes of at least 4 members (excludes halogenated alkanes) is 2. The van der Waals surface area contributed by atoms with Gasteiger partial charge in [-0.05, 0) is 26.3 Å². The van der Waals surface area contributed by atoms with Crippen LogP contribution in [0.15, 0.2) is 0 Å². The summed E-state index contributed by atoms with van der Waals surface area (Å²) in [5.74, 6) is -0.0953. The average molecular weight is 215 g/mol. The van der Waals surface area contributed by atoms with Gasteiger partial charge in [0.1, 0.15) is 6.04 Å². The van der Waals surface area contributed by atoms with E-state index in [9.17, 15) is 4.79 Å². The van der Waals surface area contributed by atoms with Crippen LogP contribution in [-0.4, -0.2) is 25.2 Å². The van der Waals surface area contributed by atoms with Gasteiger partial charge in [-0.2, -0.15) is 0 Å². The zero-order valence-electron chi connectivity index (χ0n) is 10.3. The van der Waals surface area contributed by atoms with Gasteiger partial charge in [0.15, 0.2) is 0 Å². The van der Waals surface area contributed by atoms with E-state index in [1.54, 1.807) is 0 Å². The van der Waals surface area contributed by atoms with Crippen molar-refractivity contribution in [2.24, 2.45) is 0 Å². The molecule has 0 aliphatic heterocycles. The maximum atomic E-state index is 11.6. The Kier molecular flexibility index (Phi) is 9.59. The molecule has 0 saturated carbocycles. The van der Waals surface area contributed by atoms with E-state index in [4.69, 9.17) is 4.74 Å². The lowest BCUT2D eigenvalue weighted by Gasteiger charge is -2.16. The fraction of sp³-hybridized carbons (Fsp3) is 0.917. The van der Waals surface area contributed by atoms with Gasteiger partial charge in [-0.25, -0.2) is 0 Å². The van der Waals surface area contributed by atoms with E-state index < -0.39 is 0 Å². The van der Waals surface area contributed by atoms with Crippen molar-refractivity contribution < 1.29 is 9.53 Å². The van der Waals surface area contributed by atoms with Crippen LogP contribution < -0.4 is 5.32 Å². The van der Waals surface area contributed by atoms with Gasteiger partial charge in [0.25, 0.3) is 0 Å². The van der Waals surface area contributed by atoms with Crippen molar-refractivity contribution in [1.29, 1.82) is 0 Å². The van der Waals surface area contributed by atoms with E-state index in [1.807, 2.05) is 6.92 Å². The minimum Gasteiger partial charge on any atom is -0.465 e. The number of nitrogens with one attached hydrogen (secondary N) is 1. The normalized spacial score (nSPS) is 12.5. The summed E-state index contributed by atoms with van der Waals surface area (Å²) < 4.78 is 5.03. The van der Waals surface area contributed by atoms with E-state index in [1.165, 1.54) is 12.8 Å². The Bertz CT molecular complexity index is 160. The van der Waals surface area contributed by atoms with Gasteiger partial charge in [0.05, 0.1) is 6.61 Å². The van der Waals surface area contributed by atoms with Crippen LogP contribution in [-0.2, 0) is 9.53 Å². The summed E-state index contributed by atoms with van der Waals surface area (Å²) in [5.41, 5.74) is 0. The zero-order valence-corrected chi connectivity index (χ0v) is 10.3. The molecule has 0 spiro atoms. The van der Waals surface area contributed by atoms with E-state index in [2.05, 4.69) is 19.2 Å². The Balaban J connectivity index is 3.87. The number of esters is 1. The SMILES string of the molecule is CCCCCC(NCCC)C(=O)OCC. The van der Waals surface area contributed by atoms with Crippen LogP contribution in [0, 0.1) is 0 Å². The Morgan fingerprint density at radius 2 is 1.93 bits per heavy atom. The lowest BCUT2D eigenvalue weighted by Crippen LogP contribution is -2.38. The van der Waals surface area contributed by atoms with Gasteiger partial charge < -0.3 is 10.1 Å². The molecular formula is C12H25NO2. The van der Waals surface area contributed by atoms with E-state index in [0.29, 0.717) is 6.61 Å². The van der Waals surface area contributed by atoms with Crippen LogP contribution in [0.2, 0.25) is 0 Å². The molecule has 90 valence electrons. The van der Waals surface area contributed by atoms with Gasteiger partial charge in [-0.15, -0.1) is 0 Å². The largest absolute Gasteiger partial charge is 0.465 e. The summed E-state index contributed by atoms with van der Waals surface area (Å²) >= 11 is 0. The first-order valence-electron chi connectivity index (χ1n) is 6.16. The molecule has 3 heteroatoms. The minimum atomic E-state index is -0.101. The first kappa shape index (κ1) is 14.4. The van der Waals surface area contributed by atoms with Crippen molar-refractivity contribution in [2.45, 2.75) is 58.9 Å². The van der Waals surface area contributed by atoms with Gasteiger partial charge in [0, 0.05) is 0 Å². The van der Waals surface area contributed by atoms with Crippen molar-refractivity contribution in [3.05, 3.63) is 0 Å². The third kappa shape index (κ3) is 7.37. The van der Waals surface area contributed by atoms with Crippen LogP contribution >= 0.6 is 0 Å². The monoisotopic (exact) mass is 215 g/mol. The Morgan fingerprint density at radius 1 is 1.20 bits per heavy atom. The second-order valence-electron chi connectivity index (χ2n) is 3.75. The Hall–Kier alpha value is -0.570. The molecule has 0 aromatic carbocycles. The minimum absolute atomic E-state index is 0.0953. The number of rotatable bonds is 9. The predicted molar refractivity (Wildman–Crippen MR) is 62.9 cm³/mol. The smallest absolute Gasteiger partial charge is 0.323 e. The van der Waals surface area contributed by atoms with Crippen molar-refractivity contribution in [3.63, 3.8) is 0 Å². The summed E-state index contributed by atoms with van der Waals surface area (Å²) in [6.07, 6.45) is 5.40. The molecule has 0 bridgehead atoms. The molecule has 0 aromatic heterocycles. The highest BCUT2D eigenvalue weighted by Crippen LogP contribution is 2.05. The van der Waals surface area contributed by atoms with Crippen LogP contribution in [0.4, 0.5) is 0 Å². The summed E-state index contributed by atoms with van der Waals surface area (Å²) in [6.45, 7) is 7.47. The first-order valence-corrected chi connectivity index (χ1v) is 6.16. The quantitative estimate of drug-likeness (QED) is 0.474. The fourth-order valence-electron chi connectivity index (χ4n) is 1.46. The molecule has 0 aliphatic carbocycles. The first-order chi connectivity index (χ1) is 7.26. The number of carbonyl (C=O) groups excluding carboxylic acids is 1. The third-order valence-corrected chi connectivity index (χ3v) is 2.31. The Labute approximate surface area is 93.6 Å². The number of hydrogen-bond acceptors (Lipinski definition) is 3. The molecule has 0 aromatic rings.